The Balaban J connectivity index is 2.31. The summed E-state index contributed by atoms with van der Waals surface area (Å²) >= 11 is 0. The molecule has 0 radical (unpaired) electrons. The van der Waals surface area contributed by atoms with Gasteiger partial charge in [0.15, 0.2) is 0 Å². The third kappa shape index (κ3) is 2.47. The summed E-state index contributed by atoms with van der Waals surface area (Å²) in [4.78, 5) is 15.0. The molecule has 2 aromatic rings. The minimum absolute atomic E-state index is 0.177. The number of amides is 1. The summed E-state index contributed by atoms with van der Waals surface area (Å²) < 4.78 is 31.3. The first-order valence-corrected chi connectivity index (χ1v) is 5.60. The van der Waals surface area contributed by atoms with E-state index in [1.54, 1.807) is 20.8 Å². The average Bonchev–Trinajstić information content (AvgIpc) is 2.57. The highest BCUT2D eigenvalue weighted by molar-refractivity contribution is 6.06. The molecule has 0 atom stereocenters. The Bertz CT molecular complexity index is 650. The monoisotopic (exact) mass is 266 g/mol. The molecular weight excluding hydrogens is 254 g/mol. The van der Waals surface area contributed by atoms with Gasteiger partial charge in [-0.15, -0.1) is 0 Å². The zero-order chi connectivity index (χ0) is 14.2. The zero-order valence-corrected chi connectivity index (χ0v) is 10.7. The number of hydrogen-bond donors (Lipinski definition) is 1. The van der Waals surface area contributed by atoms with Crippen molar-refractivity contribution in [2.24, 2.45) is 0 Å². The van der Waals surface area contributed by atoms with Crippen molar-refractivity contribution in [3.8, 4) is 0 Å². The van der Waals surface area contributed by atoms with E-state index in [4.69, 9.17) is 4.42 Å². The summed E-state index contributed by atoms with van der Waals surface area (Å²) in [6.07, 6.45) is 0. The van der Waals surface area contributed by atoms with Gasteiger partial charge in [-0.25, -0.2) is 0 Å². The number of aryl methyl sites for hydroxylation is 2. The van der Waals surface area contributed by atoms with Crippen molar-refractivity contribution in [3.05, 3.63) is 46.7 Å². The van der Waals surface area contributed by atoms with Gasteiger partial charge in [-0.3, -0.25) is 4.79 Å². The molecule has 4 nitrogen and oxygen atoms in total. The van der Waals surface area contributed by atoms with E-state index in [-0.39, 0.29) is 5.69 Å². The Morgan fingerprint density at radius 1 is 1.21 bits per heavy atom. The van der Waals surface area contributed by atoms with Crippen LogP contribution >= 0.6 is 0 Å². The molecule has 100 valence electrons. The van der Waals surface area contributed by atoms with Gasteiger partial charge in [0.25, 0.3) is 5.91 Å². The van der Waals surface area contributed by atoms with E-state index in [0.717, 1.165) is 12.1 Å². The van der Waals surface area contributed by atoms with Gasteiger partial charge in [0.2, 0.25) is 11.9 Å². The molecule has 0 aliphatic heterocycles. The highest BCUT2D eigenvalue weighted by Crippen LogP contribution is 2.22. The number of aromatic nitrogens is 1. The average molecular weight is 266 g/mol. The Hall–Kier alpha value is -2.24. The SMILES string of the molecule is Cc1oc(C)c(C(=O)Nc2ccc(F)nc2F)c1C. The smallest absolute Gasteiger partial charge is 0.259 e. The van der Waals surface area contributed by atoms with E-state index < -0.39 is 17.8 Å². The minimum Gasteiger partial charge on any atom is -0.466 e. The summed E-state index contributed by atoms with van der Waals surface area (Å²) in [5.74, 6) is -1.45. The lowest BCUT2D eigenvalue weighted by Gasteiger charge is -2.05. The Morgan fingerprint density at radius 2 is 1.89 bits per heavy atom. The van der Waals surface area contributed by atoms with E-state index in [0.29, 0.717) is 22.6 Å². The highest BCUT2D eigenvalue weighted by Gasteiger charge is 2.19. The van der Waals surface area contributed by atoms with Gasteiger partial charge in [0, 0.05) is 5.56 Å². The van der Waals surface area contributed by atoms with E-state index in [1.807, 2.05) is 0 Å². The number of rotatable bonds is 2. The van der Waals surface area contributed by atoms with Crippen LogP contribution in [-0.4, -0.2) is 10.9 Å². The molecule has 0 unspecified atom stereocenters. The summed E-state index contributed by atoms with van der Waals surface area (Å²) in [5, 5.41) is 2.35. The number of halogens is 2. The fourth-order valence-electron chi connectivity index (χ4n) is 1.82. The first kappa shape index (κ1) is 13.2. The van der Waals surface area contributed by atoms with Crippen LogP contribution in [0.1, 0.15) is 27.4 Å². The van der Waals surface area contributed by atoms with Crippen molar-refractivity contribution in [2.45, 2.75) is 20.8 Å². The van der Waals surface area contributed by atoms with Crippen LogP contribution in [0.4, 0.5) is 14.5 Å². The third-order valence-electron chi connectivity index (χ3n) is 2.85. The molecule has 1 amide bonds. The molecule has 0 saturated heterocycles. The van der Waals surface area contributed by atoms with Crippen LogP contribution in [-0.2, 0) is 0 Å². The Kier molecular flexibility index (Phi) is 3.33. The molecule has 2 heterocycles. The van der Waals surface area contributed by atoms with Gasteiger partial charge in [-0.05, 0) is 32.9 Å². The van der Waals surface area contributed by atoms with Crippen molar-refractivity contribution >= 4 is 11.6 Å². The van der Waals surface area contributed by atoms with Gasteiger partial charge in [0.05, 0.1) is 11.3 Å². The Morgan fingerprint density at radius 3 is 2.42 bits per heavy atom. The number of pyridine rings is 1. The zero-order valence-electron chi connectivity index (χ0n) is 10.7. The molecule has 19 heavy (non-hydrogen) atoms. The maximum absolute atomic E-state index is 13.3. The molecule has 0 aromatic carbocycles. The molecular formula is C13H12F2N2O2. The number of hydrogen-bond acceptors (Lipinski definition) is 3. The fourth-order valence-corrected chi connectivity index (χ4v) is 1.82. The third-order valence-corrected chi connectivity index (χ3v) is 2.85. The van der Waals surface area contributed by atoms with Crippen molar-refractivity contribution in [1.29, 1.82) is 0 Å². The predicted molar refractivity (Wildman–Crippen MR) is 65.0 cm³/mol. The van der Waals surface area contributed by atoms with Gasteiger partial charge in [-0.2, -0.15) is 13.8 Å². The largest absolute Gasteiger partial charge is 0.466 e. The summed E-state index contributed by atoms with van der Waals surface area (Å²) in [6, 6.07) is 2.09. The fraction of sp³-hybridized carbons (Fsp3) is 0.231. The number of nitrogens with zero attached hydrogens (tertiary/aromatic N) is 1. The molecule has 0 saturated carbocycles. The molecule has 0 spiro atoms. The van der Waals surface area contributed by atoms with E-state index >= 15 is 0 Å². The Labute approximate surface area is 108 Å². The van der Waals surface area contributed by atoms with E-state index in [9.17, 15) is 13.6 Å². The molecule has 0 aliphatic rings. The topological polar surface area (TPSA) is 55.1 Å². The van der Waals surface area contributed by atoms with Gasteiger partial charge < -0.3 is 9.73 Å². The number of nitrogens with one attached hydrogen (secondary N) is 1. The lowest BCUT2D eigenvalue weighted by molar-refractivity contribution is 0.102. The standard InChI is InChI=1S/C13H12F2N2O2/c1-6-7(2)19-8(3)11(6)13(18)16-9-4-5-10(14)17-12(9)15/h4-5H,1-3H3,(H,16,18). The van der Waals surface area contributed by atoms with Crippen LogP contribution in [0.15, 0.2) is 16.5 Å². The van der Waals surface area contributed by atoms with E-state index in [1.165, 1.54) is 0 Å². The first-order valence-electron chi connectivity index (χ1n) is 5.60. The van der Waals surface area contributed by atoms with Crippen molar-refractivity contribution in [1.82, 2.24) is 4.98 Å². The number of carbonyl (C=O) groups is 1. The number of furan rings is 1. The molecule has 0 fully saturated rings. The van der Waals surface area contributed by atoms with Gasteiger partial charge >= 0.3 is 0 Å². The van der Waals surface area contributed by atoms with Crippen LogP contribution in [0.3, 0.4) is 0 Å². The van der Waals surface area contributed by atoms with Gasteiger partial charge in [-0.1, -0.05) is 0 Å². The molecule has 2 rings (SSSR count). The quantitative estimate of drug-likeness (QED) is 0.849. The molecule has 0 bridgehead atoms. The second-order valence-corrected chi connectivity index (χ2v) is 4.14. The lowest BCUT2D eigenvalue weighted by atomic mass is 10.1. The highest BCUT2D eigenvalue weighted by atomic mass is 19.1. The normalized spacial score (nSPS) is 10.6. The number of carbonyl (C=O) groups excluding carboxylic acids is 1. The maximum atomic E-state index is 13.3. The van der Waals surface area contributed by atoms with Crippen LogP contribution in [0.2, 0.25) is 0 Å². The second kappa shape index (κ2) is 4.79. The predicted octanol–water partition coefficient (Wildman–Crippen LogP) is 3.13. The van der Waals surface area contributed by atoms with Gasteiger partial charge in [0.1, 0.15) is 11.5 Å². The minimum atomic E-state index is -1.07. The first-order chi connectivity index (χ1) is 8.90. The molecule has 0 aliphatic carbocycles. The van der Waals surface area contributed by atoms with Crippen LogP contribution < -0.4 is 5.32 Å². The summed E-state index contributed by atoms with van der Waals surface area (Å²) in [6.45, 7) is 5.12. The molecule has 1 N–H and O–H groups in total. The van der Waals surface area contributed by atoms with Crippen LogP contribution in [0, 0.1) is 32.7 Å². The molecule has 2 aromatic heterocycles. The van der Waals surface area contributed by atoms with Crippen LogP contribution in [0.5, 0.6) is 0 Å². The summed E-state index contributed by atoms with van der Waals surface area (Å²) in [5.41, 5.74) is 0.857. The van der Waals surface area contributed by atoms with Crippen molar-refractivity contribution < 1.29 is 18.0 Å². The summed E-state index contributed by atoms with van der Waals surface area (Å²) in [7, 11) is 0. The lowest BCUT2D eigenvalue weighted by Crippen LogP contribution is -2.15. The van der Waals surface area contributed by atoms with Crippen LogP contribution in [0.25, 0.3) is 0 Å². The van der Waals surface area contributed by atoms with Crippen molar-refractivity contribution in [2.75, 3.05) is 5.32 Å². The van der Waals surface area contributed by atoms with E-state index in [2.05, 4.69) is 10.3 Å². The number of anilines is 1. The second-order valence-electron chi connectivity index (χ2n) is 4.14. The van der Waals surface area contributed by atoms with Crippen molar-refractivity contribution in [3.63, 3.8) is 0 Å². The maximum Gasteiger partial charge on any atom is 0.259 e. The molecule has 6 heteroatoms.